The number of fused-ring (bicyclic) bond motifs is 1. The van der Waals surface area contributed by atoms with Crippen molar-refractivity contribution in [2.24, 2.45) is 11.8 Å². The minimum atomic E-state index is 0.391. The van der Waals surface area contributed by atoms with Gasteiger partial charge in [-0.25, -0.2) is 0 Å². The van der Waals surface area contributed by atoms with Gasteiger partial charge >= 0.3 is 0 Å². The minimum Gasteiger partial charge on any atom is -0.497 e. The van der Waals surface area contributed by atoms with Gasteiger partial charge in [-0.15, -0.1) is 0 Å². The average Bonchev–Trinajstić information content (AvgIpc) is 2.99. The molecule has 0 radical (unpaired) electrons. The van der Waals surface area contributed by atoms with Crippen LogP contribution < -0.4 is 4.74 Å². The molecule has 2 atom stereocenters. The Balaban J connectivity index is 1.49. The molecule has 0 spiro atoms. The van der Waals surface area contributed by atoms with Crippen LogP contribution in [0.25, 0.3) is 0 Å². The molecule has 0 bridgehead atoms. The molecule has 2 heteroatoms. The van der Waals surface area contributed by atoms with Crippen molar-refractivity contribution in [2.75, 3.05) is 20.2 Å². The van der Waals surface area contributed by atoms with E-state index in [0.717, 1.165) is 24.1 Å². The highest BCUT2D eigenvalue weighted by Crippen LogP contribution is 2.65. The van der Waals surface area contributed by atoms with Crippen LogP contribution in [0.3, 0.4) is 0 Å². The predicted octanol–water partition coefficient (Wildman–Crippen LogP) is 4.10. The third kappa shape index (κ3) is 2.36. The van der Waals surface area contributed by atoms with E-state index in [9.17, 15) is 0 Å². The lowest BCUT2D eigenvalue weighted by atomic mass is 9.87. The molecule has 1 heterocycles. The molecule has 2 aromatic rings. The molecular formula is C21H25NO. The maximum absolute atomic E-state index is 5.43. The van der Waals surface area contributed by atoms with Crippen LogP contribution in [0.5, 0.6) is 5.75 Å². The molecule has 120 valence electrons. The van der Waals surface area contributed by atoms with Gasteiger partial charge in [0.05, 0.1) is 7.11 Å². The Morgan fingerprint density at radius 1 is 1.04 bits per heavy atom. The molecule has 2 aliphatic rings. The lowest BCUT2D eigenvalue weighted by Crippen LogP contribution is -2.29. The van der Waals surface area contributed by atoms with Crippen molar-refractivity contribution in [2.45, 2.75) is 25.3 Å². The molecule has 2 nitrogen and oxygen atoms in total. The smallest absolute Gasteiger partial charge is 0.119 e. The number of nitrogens with zero attached hydrogens (tertiary/aromatic N) is 1. The Bertz CT molecular complexity index is 669. The van der Waals surface area contributed by atoms with Crippen molar-refractivity contribution in [3.05, 3.63) is 65.7 Å². The molecule has 0 N–H and O–H groups in total. The van der Waals surface area contributed by atoms with E-state index in [-0.39, 0.29) is 0 Å². The zero-order valence-electron chi connectivity index (χ0n) is 14.0. The summed E-state index contributed by atoms with van der Waals surface area (Å²) in [5.74, 6) is 2.60. The molecule has 2 fully saturated rings. The Labute approximate surface area is 139 Å². The summed E-state index contributed by atoms with van der Waals surface area (Å²) >= 11 is 0. The highest BCUT2D eigenvalue weighted by molar-refractivity contribution is 5.42. The van der Waals surface area contributed by atoms with Gasteiger partial charge in [0.1, 0.15) is 5.75 Å². The van der Waals surface area contributed by atoms with E-state index < -0.39 is 0 Å². The summed E-state index contributed by atoms with van der Waals surface area (Å²) in [6, 6.07) is 19.6. The van der Waals surface area contributed by atoms with Gasteiger partial charge < -0.3 is 4.74 Å². The number of ether oxygens (including phenoxy) is 1. The third-order valence-corrected chi connectivity index (χ3v) is 6.05. The molecule has 0 amide bonds. The van der Waals surface area contributed by atoms with Gasteiger partial charge in [0.2, 0.25) is 0 Å². The van der Waals surface area contributed by atoms with E-state index in [1.807, 2.05) is 6.07 Å². The van der Waals surface area contributed by atoms with Crippen LogP contribution in [0.15, 0.2) is 54.6 Å². The molecule has 2 aromatic carbocycles. The molecular weight excluding hydrogens is 282 g/mol. The van der Waals surface area contributed by atoms with E-state index in [4.69, 9.17) is 4.74 Å². The molecule has 0 aromatic heterocycles. The Morgan fingerprint density at radius 3 is 2.43 bits per heavy atom. The van der Waals surface area contributed by atoms with Crippen molar-refractivity contribution in [1.82, 2.24) is 4.90 Å². The average molecular weight is 307 g/mol. The van der Waals surface area contributed by atoms with Crippen LogP contribution >= 0.6 is 0 Å². The van der Waals surface area contributed by atoms with Gasteiger partial charge in [-0.3, -0.25) is 4.90 Å². The first-order valence-corrected chi connectivity index (χ1v) is 8.68. The van der Waals surface area contributed by atoms with Crippen LogP contribution in [0.2, 0.25) is 0 Å². The van der Waals surface area contributed by atoms with E-state index in [1.54, 1.807) is 7.11 Å². The second-order valence-corrected chi connectivity index (χ2v) is 7.02. The first-order chi connectivity index (χ1) is 11.3. The Morgan fingerprint density at radius 2 is 1.78 bits per heavy atom. The maximum atomic E-state index is 5.43. The third-order valence-electron chi connectivity index (χ3n) is 6.05. The molecule has 1 saturated heterocycles. The highest BCUT2D eigenvalue weighted by Gasteiger charge is 2.67. The fourth-order valence-corrected chi connectivity index (χ4v) is 4.86. The largest absolute Gasteiger partial charge is 0.497 e. The van der Waals surface area contributed by atoms with Gasteiger partial charge in [0.25, 0.3) is 0 Å². The van der Waals surface area contributed by atoms with E-state index in [1.165, 1.54) is 30.6 Å². The molecule has 23 heavy (non-hydrogen) atoms. The lowest BCUT2D eigenvalue weighted by Gasteiger charge is -2.26. The first kappa shape index (κ1) is 14.8. The molecule has 1 aliphatic heterocycles. The molecule has 1 aliphatic carbocycles. The van der Waals surface area contributed by atoms with Gasteiger partial charge in [-0.2, -0.15) is 0 Å². The monoisotopic (exact) mass is 307 g/mol. The highest BCUT2D eigenvalue weighted by atomic mass is 16.5. The van der Waals surface area contributed by atoms with Crippen LogP contribution in [-0.4, -0.2) is 25.1 Å². The van der Waals surface area contributed by atoms with Crippen molar-refractivity contribution >= 4 is 0 Å². The van der Waals surface area contributed by atoms with Crippen molar-refractivity contribution in [3.63, 3.8) is 0 Å². The van der Waals surface area contributed by atoms with E-state index in [0.29, 0.717) is 5.41 Å². The fraction of sp³-hybridized carbons (Fsp3) is 0.429. The number of likely N-dealkylation sites (tertiary alicyclic amines) is 1. The summed E-state index contributed by atoms with van der Waals surface area (Å²) in [6.45, 7) is 5.89. The van der Waals surface area contributed by atoms with Crippen molar-refractivity contribution in [3.8, 4) is 5.75 Å². The SMILES string of the molecule is CCC1(c2cccc(OC)c2)C2CN(Cc3ccccc3)CC21. The predicted molar refractivity (Wildman–Crippen MR) is 93.7 cm³/mol. The van der Waals surface area contributed by atoms with Crippen molar-refractivity contribution < 1.29 is 4.74 Å². The van der Waals surface area contributed by atoms with E-state index >= 15 is 0 Å². The Hall–Kier alpha value is -1.80. The fourth-order valence-electron chi connectivity index (χ4n) is 4.86. The van der Waals surface area contributed by atoms with E-state index in [2.05, 4.69) is 60.4 Å². The number of piperidine rings is 1. The van der Waals surface area contributed by atoms with Crippen molar-refractivity contribution in [1.29, 1.82) is 0 Å². The van der Waals surface area contributed by atoms with Gasteiger partial charge in [-0.1, -0.05) is 49.4 Å². The van der Waals surface area contributed by atoms with Crippen LogP contribution in [0.1, 0.15) is 24.5 Å². The normalized spacial score (nSPS) is 29.3. The number of hydrogen-bond acceptors (Lipinski definition) is 2. The number of rotatable bonds is 5. The summed E-state index contributed by atoms with van der Waals surface area (Å²) in [7, 11) is 1.76. The zero-order chi connectivity index (χ0) is 15.9. The lowest BCUT2D eigenvalue weighted by molar-refractivity contribution is 0.262. The second-order valence-electron chi connectivity index (χ2n) is 7.02. The molecule has 1 saturated carbocycles. The summed E-state index contributed by atoms with van der Waals surface area (Å²) in [5, 5.41) is 0. The summed E-state index contributed by atoms with van der Waals surface area (Å²) < 4.78 is 5.43. The van der Waals surface area contributed by atoms with Crippen LogP contribution in [0.4, 0.5) is 0 Å². The maximum Gasteiger partial charge on any atom is 0.119 e. The standard InChI is InChI=1S/C21H25NO/c1-3-21(17-10-7-11-18(12-17)23-2)19-14-22(15-20(19)21)13-16-8-5-4-6-9-16/h4-12,19-20H,3,13-15H2,1-2H3. The number of methoxy groups -OCH3 is 1. The summed E-state index contributed by atoms with van der Waals surface area (Å²) in [6.07, 6.45) is 1.23. The minimum absolute atomic E-state index is 0.391. The Kier molecular flexibility index (Phi) is 3.65. The van der Waals surface area contributed by atoms with Gasteiger partial charge in [0, 0.05) is 25.0 Å². The van der Waals surface area contributed by atoms with Crippen LogP contribution in [-0.2, 0) is 12.0 Å². The topological polar surface area (TPSA) is 12.5 Å². The number of hydrogen-bond donors (Lipinski definition) is 0. The summed E-state index contributed by atoms with van der Waals surface area (Å²) in [4.78, 5) is 2.62. The zero-order valence-corrected chi connectivity index (χ0v) is 14.0. The van der Waals surface area contributed by atoms with Gasteiger partial charge in [-0.05, 0) is 41.5 Å². The van der Waals surface area contributed by atoms with Crippen LogP contribution in [0, 0.1) is 11.8 Å². The van der Waals surface area contributed by atoms with Gasteiger partial charge in [0.15, 0.2) is 0 Å². The number of benzene rings is 2. The molecule has 4 rings (SSSR count). The second kappa shape index (κ2) is 5.68. The quantitative estimate of drug-likeness (QED) is 0.824. The molecule has 2 unspecified atom stereocenters. The summed E-state index contributed by atoms with van der Waals surface area (Å²) in [5.41, 5.74) is 3.30. The first-order valence-electron chi connectivity index (χ1n) is 8.68.